The molecule has 2 aromatic rings. The molecule has 1 aromatic heterocycles. The standard InChI is InChI=1S/C14H16FN3O2/c1-9-12(14(19)20)13(18(3)16-9)17(2)8-10-6-4-5-7-11(10)15/h4-7H,8H2,1-3H3,(H,19,20). The van der Waals surface area contributed by atoms with Crippen molar-refractivity contribution in [2.45, 2.75) is 13.5 Å². The van der Waals surface area contributed by atoms with Crippen molar-refractivity contribution in [2.24, 2.45) is 7.05 Å². The van der Waals surface area contributed by atoms with Crippen molar-refractivity contribution >= 4 is 11.8 Å². The van der Waals surface area contributed by atoms with Gasteiger partial charge in [-0.15, -0.1) is 0 Å². The van der Waals surface area contributed by atoms with E-state index in [1.807, 2.05) is 0 Å². The average Bonchev–Trinajstić information content (AvgIpc) is 2.67. The molecule has 2 rings (SSSR count). The van der Waals surface area contributed by atoms with Crippen LogP contribution in [0.15, 0.2) is 24.3 Å². The summed E-state index contributed by atoms with van der Waals surface area (Å²) in [4.78, 5) is 13.0. The van der Waals surface area contributed by atoms with Gasteiger partial charge in [0.1, 0.15) is 17.2 Å². The van der Waals surface area contributed by atoms with Gasteiger partial charge in [0.2, 0.25) is 0 Å². The van der Waals surface area contributed by atoms with E-state index in [2.05, 4.69) is 5.10 Å². The maximum atomic E-state index is 13.7. The molecule has 0 bridgehead atoms. The number of rotatable bonds is 4. The van der Waals surface area contributed by atoms with Crippen molar-refractivity contribution < 1.29 is 14.3 Å². The summed E-state index contributed by atoms with van der Waals surface area (Å²) in [7, 11) is 3.39. The summed E-state index contributed by atoms with van der Waals surface area (Å²) in [6, 6.07) is 6.43. The molecule has 6 heteroatoms. The molecule has 0 atom stereocenters. The Hall–Kier alpha value is -2.37. The summed E-state index contributed by atoms with van der Waals surface area (Å²) in [6.07, 6.45) is 0. The number of hydrogen-bond acceptors (Lipinski definition) is 3. The molecule has 1 heterocycles. The van der Waals surface area contributed by atoms with Crippen molar-refractivity contribution in [1.29, 1.82) is 0 Å². The van der Waals surface area contributed by atoms with E-state index >= 15 is 0 Å². The van der Waals surface area contributed by atoms with E-state index in [0.29, 0.717) is 17.1 Å². The number of aryl methyl sites for hydroxylation is 2. The molecule has 0 spiro atoms. The zero-order valence-corrected chi connectivity index (χ0v) is 11.6. The van der Waals surface area contributed by atoms with Gasteiger partial charge < -0.3 is 10.0 Å². The number of aromatic nitrogens is 2. The molecule has 0 unspecified atom stereocenters. The van der Waals surface area contributed by atoms with Crippen LogP contribution < -0.4 is 4.90 Å². The van der Waals surface area contributed by atoms with Crippen molar-refractivity contribution in [2.75, 3.05) is 11.9 Å². The molecule has 5 nitrogen and oxygen atoms in total. The Morgan fingerprint density at radius 3 is 2.70 bits per heavy atom. The highest BCUT2D eigenvalue weighted by Gasteiger charge is 2.22. The first-order valence-electron chi connectivity index (χ1n) is 6.13. The number of aromatic carboxylic acids is 1. The van der Waals surface area contributed by atoms with Crippen LogP contribution in [0.3, 0.4) is 0 Å². The van der Waals surface area contributed by atoms with Gasteiger partial charge in [0, 0.05) is 26.2 Å². The lowest BCUT2D eigenvalue weighted by Crippen LogP contribution is -2.22. The lowest BCUT2D eigenvalue weighted by atomic mass is 10.2. The van der Waals surface area contributed by atoms with E-state index < -0.39 is 5.97 Å². The first kappa shape index (κ1) is 14.0. The fourth-order valence-electron chi connectivity index (χ4n) is 2.29. The van der Waals surface area contributed by atoms with Gasteiger partial charge in [0.15, 0.2) is 0 Å². The van der Waals surface area contributed by atoms with Crippen molar-refractivity contribution in [3.63, 3.8) is 0 Å². The zero-order chi connectivity index (χ0) is 14.9. The van der Waals surface area contributed by atoms with Crippen LogP contribution in [0.5, 0.6) is 0 Å². The third-order valence-corrected chi connectivity index (χ3v) is 3.13. The first-order chi connectivity index (χ1) is 9.41. The summed E-state index contributed by atoms with van der Waals surface area (Å²) in [6.45, 7) is 1.91. The summed E-state index contributed by atoms with van der Waals surface area (Å²) in [5, 5.41) is 13.4. The number of halogens is 1. The van der Waals surface area contributed by atoms with Crippen LogP contribution in [0.2, 0.25) is 0 Å². The average molecular weight is 277 g/mol. The van der Waals surface area contributed by atoms with E-state index in [1.54, 1.807) is 44.1 Å². The van der Waals surface area contributed by atoms with Gasteiger partial charge in [-0.05, 0) is 13.0 Å². The fourth-order valence-corrected chi connectivity index (χ4v) is 2.29. The number of hydrogen-bond donors (Lipinski definition) is 1. The number of benzene rings is 1. The predicted octanol–water partition coefficient (Wildman–Crippen LogP) is 2.20. The van der Waals surface area contributed by atoms with Gasteiger partial charge in [0.25, 0.3) is 0 Å². The number of carboxylic acids is 1. The predicted molar refractivity (Wildman–Crippen MR) is 73.4 cm³/mol. The molecular formula is C14H16FN3O2. The quantitative estimate of drug-likeness (QED) is 0.930. The van der Waals surface area contributed by atoms with Crippen molar-refractivity contribution in [3.8, 4) is 0 Å². The van der Waals surface area contributed by atoms with Crippen LogP contribution in [0, 0.1) is 12.7 Å². The van der Waals surface area contributed by atoms with Crippen molar-refractivity contribution in [1.82, 2.24) is 9.78 Å². The maximum Gasteiger partial charge on any atom is 0.341 e. The molecule has 20 heavy (non-hydrogen) atoms. The Morgan fingerprint density at radius 2 is 2.10 bits per heavy atom. The monoisotopic (exact) mass is 277 g/mol. The third kappa shape index (κ3) is 2.49. The molecule has 0 aliphatic carbocycles. The van der Waals surface area contributed by atoms with Crippen LogP contribution >= 0.6 is 0 Å². The molecule has 0 aliphatic rings. The summed E-state index contributed by atoms with van der Waals surface area (Å²) >= 11 is 0. The van der Waals surface area contributed by atoms with Crippen LogP contribution in [0.1, 0.15) is 21.6 Å². The third-order valence-electron chi connectivity index (χ3n) is 3.13. The van der Waals surface area contributed by atoms with E-state index in [-0.39, 0.29) is 17.9 Å². The van der Waals surface area contributed by atoms with Gasteiger partial charge in [-0.2, -0.15) is 5.10 Å². The first-order valence-corrected chi connectivity index (χ1v) is 6.13. The molecule has 1 N–H and O–H groups in total. The highest BCUT2D eigenvalue weighted by Crippen LogP contribution is 2.24. The second-order valence-corrected chi connectivity index (χ2v) is 4.66. The molecule has 0 radical (unpaired) electrons. The highest BCUT2D eigenvalue weighted by atomic mass is 19.1. The molecule has 0 saturated heterocycles. The SMILES string of the molecule is Cc1nn(C)c(N(C)Cc2ccccc2F)c1C(=O)O. The second-order valence-electron chi connectivity index (χ2n) is 4.66. The largest absolute Gasteiger partial charge is 0.477 e. The van der Waals surface area contributed by atoms with Crippen LogP contribution in [-0.2, 0) is 13.6 Å². The van der Waals surface area contributed by atoms with Gasteiger partial charge in [-0.3, -0.25) is 4.68 Å². The molecule has 106 valence electrons. The van der Waals surface area contributed by atoms with Gasteiger partial charge in [-0.25, -0.2) is 9.18 Å². The Morgan fingerprint density at radius 1 is 1.45 bits per heavy atom. The number of carbonyl (C=O) groups is 1. The van der Waals surface area contributed by atoms with Crippen LogP contribution in [0.25, 0.3) is 0 Å². The molecule has 0 aliphatic heterocycles. The second kappa shape index (κ2) is 5.32. The van der Waals surface area contributed by atoms with E-state index in [4.69, 9.17) is 0 Å². The minimum atomic E-state index is -1.04. The summed E-state index contributed by atoms with van der Waals surface area (Å²) < 4.78 is 15.2. The minimum absolute atomic E-state index is 0.145. The molecule has 0 amide bonds. The number of carboxylic acid groups (broad SMARTS) is 1. The molecular weight excluding hydrogens is 261 g/mol. The Bertz CT molecular complexity index is 652. The highest BCUT2D eigenvalue weighted by molar-refractivity contribution is 5.94. The Labute approximate surface area is 116 Å². The molecule has 1 aromatic carbocycles. The number of nitrogens with zero attached hydrogens (tertiary/aromatic N) is 3. The lowest BCUT2D eigenvalue weighted by Gasteiger charge is -2.20. The molecule has 0 fully saturated rings. The van der Waals surface area contributed by atoms with Gasteiger partial charge in [-0.1, -0.05) is 18.2 Å². The Kier molecular flexibility index (Phi) is 3.74. The van der Waals surface area contributed by atoms with E-state index in [1.165, 1.54) is 10.7 Å². The topological polar surface area (TPSA) is 58.4 Å². The lowest BCUT2D eigenvalue weighted by molar-refractivity contribution is 0.0696. The van der Waals surface area contributed by atoms with E-state index in [9.17, 15) is 14.3 Å². The van der Waals surface area contributed by atoms with Crippen LogP contribution in [-0.4, -0.2) is 27.9 Å². The van der Waals surface area contributed by atoms with Gasteiger partial charge >= 0.3 is 5.97 Å². The smallest absolute Gasteiger partial charge is 0.341 e. The van der Waals surface area contributed by atoms with Crippen molar-refractivity contribution in [3.05, 3.63) is 46.9 Å². The minimum Gasteiger partial charge on any atom is -0.477 e. The maximum absolute atomic E-state index is 13.7. The normalized spacial score (nSPS) is 10.6. The summed E-state index contributed by atoms with van der Waals surface area (Å²) in [5.74, 6) is -0.889. The summed E-state index contributed by atoms with van der Waals surface area (Å²) in [5.41, 5.74) is 1.09. The zero-order valence-electron chi connectivity index (χ0n) is 11.6. The molecule has 0 saturated carbocycles. The number of anilines is 1. The van der Waals surface area contributed by atoms with Crippen LogP contribution in [0.4, 0.5) is 10.2 Å². The van der Waals surface area contributed by atoms with Gasteiger partial charge in [0.05, 0.1) is 5.69 Å². The Balaban J connectivity index is 2.37. The van der Waals surface area contributed by atoms with E-state index in [0.717, 1.165) is 0 Å². The fraction of sp³-hybridized carbons (Fsp3) is 0.286.